The molecule has 33 heavy (non-hydrogen) atoms. The highest BCUT2D eigenvalue weighted by atomic mass is 19.1. The molecule has 0 unspecified atom stereocenters. The molecule has 0 bridgehead atoms. The van der Waals surface area contributed by atoms with Crippen molar-refractivity contribution >= 4 is 21.9 Å². The van der Waals surface area contributed by atoms with Gasteiger partial charge in [0.2, 0.25) is 0 Å². The summed E-state index contributed by atoms with van der Waals surface area (Å²) >= 11 is 0. The van der Waals surface area contributed by atoms with Gasteiger partial charge in [0, 0.05) is 0 Å². The lowest BCUT2D eigenvalue weighted by Crippen LogP contribution is -2.21. The zero-order valence-electron chi connectivity index (χ0n) is 17.1. The lowest BCUT2D eigenvalue weighted by atomic mass is 9.84. The van der Waals surface area contributed by atoms with Crippen LogP contribution in [0, 0.1) is 0 Å². The number of aromatic hydroxyl groups is 2. The molecule has 5 aromatic rings. The van der Waals surface area contributed by atoms with Gasteiger partial charge in [0.25, 0.3) is 0 Å². The molecule has 0 fully saturated rings. The topological polar surface area (TPSA) is 101 Å². The summed E-state index contributed by atoms with van der Waals surface area (Å²) < 4.78 is 23.9. The first-order chi connectivity index (χ1) is 16.0. The van der Waals surface area contributed by atoms with Crippen molar-refractivity contribution in [3.05, 3.63) is 116 Å². The van der Waals surface area contributed by atoms with Gasteiger partial charge in [-0.3, -0.25) is 0 Å². The second-order valence-corrected chi connectivity index (χ2v) is 7.60. The first-order valence-corrected chi connectivity index (χ1v) is 10.1. The highest BCUT2D eigenvalue weighted by Crippen LogP contribution is 2.41. The monoisotopic (exact) mass is 444 g/mol. The van der Waals surface area contributed by atoms with Crippen molar-refractivity contribution in [3.8, 4) is 11.5 Å². The Labute approximate surface area is 185 Å². The second kappa shape index (κ2) is 7.94. The van der Waals surface area contributed by atoms with E-state index in [1.807, 2.05) is 0 Å². The summed E-state index contributed by atoms with van der Waals surface area (Å²) in [4.78, 5) is 26.1. The van der Waals surface area contributed by atoms with E-state index < -0.39 is 23.8 Å². The highest BCUT2D eigenvalue weighted by Gasteiger charge is 2.32. The summed E-state index contributed by atoms with van der Waals surface area (Å²) in [7, 11) is 0. The molecule has 5 rings (SSSR count). The highest BCUT2D eigenvalue weighted by molar-refractivity contribution is 5.86. The molecule has 7 heteroatoms. The van der Waals surface area contributed by atoms with Gasteiger partial charge in [-0.25, -0.2) is 14.0 Å². The van der Waals surface area contributed by atoms with E-state index in [1.54, 1.807) is 36.4 Å². The number of rotatable bonds is 4. The lowest BCUT2D eigenvalue weighted by molar-refractivity contribution is 0.441. The molecule has 0 saturated heterocycles. The first-order valence-electron chi connectivity index (χ1n) is 10.1. The van der Waals surface area contributed by atoms with Crippen molar-refractivity contribution in [2.45, 2.75) is 12.6 Å². The molecular formula is C26H17FO6. The Kier molecular flexibility index (Phi) is 4.94. The minimum absolute atomic E-state index is 0.171. The Morgan fingerprint density at radius 1 is 0.697 bits per heavy atom. The van der Waals surface area contributed by atoms with Gasteiger partial charge in [0.1, 0.15) is 29.3 Å². The average molecular weight is 444 g/mol. The third-order valence-corrected chi connectivity index (χ3v) is 5.68. The average Bonchev–Trinajstić information content (AvgIpc) is 2.83. The summed E-state index contributed by atoms with van der Waals surface area (Å²) in [6.07, 6.45) is 0. The number of fused-ring (bicyclic) bond motifs is 2. The van der Waals surface area contributed by atoms with E-state index in [-0.39, 0.29) is 44.6 Å². The van der Waals surface area contributed by atoms with Gasteiger partial charge in [0.05, 0.1) is 27.8 Å². The summed E-state index contributed by atoms with van der Waals surface area (Å²) in [5, 5.41) is 22.7. The number of alkyl halides is 1. The van der Waals surface area contributed by atoms with Crippen LogP contribution in [0.5, 0.6) is 11.5 Å². The zero-order chi connectivity index (χ0) is 23.1. The molecule has 0 aliphatic carbocycles. The molecule has 2 aromatic heterocycles. The third kappa shape index (κ3) is 3.34. The van der Waals surface area contributed by atoms with Crippen LogP contribution in [-0.4, -0.2) is 10.2 Å². The molecule has 2 heterocycles. The van der Waals surface area contributed by atoms with Crippen molar-refractivity contribution in [1.82, 2.24) is 0 Å². The Bertz CT molecular complexity index is 1520. The molecule has 6 nitrogen and oxygen atoms in total. The van der Waals surface area contributed by atoms with Crippen LogP contribution in [-0.2, 0) is 6.67 Å². The number of hydrogen-bond donors (Lipinski definition) is 2. The Hall–Kier alpha value is -4.39. The normalized spacial score (nSPS) is 11.5. The predicted molar refractivity (Wildman–Crippen MR) is 120 cm³/mol. The van der Waals surface area contributed by atoms with Crippen LogP contribution in [0.25, 0.3) is 21.9 Å². The fourth-order valence-electron chi connectivity index (χ4n) is 4.08. The maximum atomic E-state index is 13.1. The van der Waals surface area contributed by atoms with Crippen LogP contribution < -0.4 is 11.3 Å². The van der Waals surface area contributed by atoms with Gasteiger partial charge in [-0.15, -0.1) is 0 Å². The summed E-state index contributed by atoms with van der Waals surface area (Å²) in [6.45, 7) is -0.697. The van der Waals surface area contributed by atoms with E-state index >= 15 is 0 Å². The Morgan fingerprint density at radius 2 is 1.15 bits per heavy atom. The molecule has 0 aliphatic heterocycles. The minimum Gasteiger partial charge on any atom is -0.507 e. The zero-order valence-corrected chi connectivity index (χ0v) is 17.1. The molecule has 164 valence electrons. The smallest absolute Gasteiger partial charge is 0.344 e. The van der Waals surface area contributed by atoms with Gasteiger partial charge in [0.15, 0.2) is 0 Å². The molecule has 3 aromatic carbocycles. The van der Waals surface area contributed by atoms with Gasteiger partial charge >= 0.3 is 11.3 Å². The molecule has 0 saturated carbocycles. The number of para-hydroxylation sites is 2. The molecule has 0 amide bonds. The van der Waals surface area contributed by atoms with Crippen LogP contribution in [0.4, 0.5) is 4.39 Å². The molecule has 2 N–H and O–H groups in total. The number of hydrogen-bond acceptors (Lipinski definition) is 6. The van der Waals surface area contributed by atoms with E-state index in [0.29, 0.717) is 11.1 Å². The van der Waals surface area contributed by atoms with E-state index in [4.69, 9.17) is 8.83 Å². The van der Waals surface area contributed by atoms with Gasteiger partial charge in [-0.2, -0.15) is 0 Å². The third-order valence-electron chi connectivity index (χ3n) is 5.68. The molecule has 0 radical (unpaired) electrons. The van der Waals surface area contributed by atoms with Crippen molar-refractivity contribution in [2.75, 3.05) is 0 Å². The lowest BCUT2D eigenvalue weighted by Gasteiger charge is -2.20. The number of benzene rings is 3. The van der Waals surface area contributed by atoms with Crippen molar-refractivity contribution < 1.29 is 23.4 Å². The maximum absolute atomic E-state index is 13.1. The molecule has 0 atom stereocenters. The Balaban J connectivity index is 1.89. The van der Waals surface area contributed by atoms with Crippen LogP contribution in [0.15, 0.2) is 91.2 Å². The fourth-order valence-corrected chi connectivity index (χ4v) is 4.08. The van der Waals surface area contributed by atoms with Gasteiger partial charge in [-0.1, -0.05) is 48.5 Å². The van der Waals surface area contributed by atoms with Crippen LogP contribution in [0.1, 0.15) is 28.2 Å². The predicted octanol–water partition coefficient (Wildman–Crippen LogP) is 4.96. The minimum atomic E-state index is -1.24. The molecule has 0 spiro atoms. The van der Waals surface area contributed by atoms with E-state index in [2.05, 4.69) is 0 Å². The Morgan fingerprint density at radius 3 is 1.61 bits per heavy atom. The van der Waals surface area contributed by atoms with Crippen molar-refractivity contribution in [1.29, 1.82) is 0 Å². The quantitative estimate of drug-likeness (QED) is 0.380. The van der Waals surface area contributed by atoms with Crippen molar-refractivity contribution in [2.24, 2.45) is 0 Å². The fraction of sp³-hybridized carbons (Fsp3) is 0.0769. The number of halogens is 1. The van der Waals surface area contributed by atoms with E-state index in [9.17, 15) is 24.2 Å². The maximum Gasteiger partial charge on any atom is 0.344 e. The van der Waals surface area contributed by atoms with Crippen molar-refractivity contribution in [3.63, 3.8) is 0 Å². The second-order valence-electron chi connectivity index (χ2n) is 7.60. The van der Waals surface area contributed by atoms with Gasteiger partial charge < -0.3 is 19.0 Å². The summed E-state index contributed by atoms with van der Waals surface area (Å²) in [5.41, 5.74) is -1.13. The SMILES string of the molecule is O=c1oc2ccccc2c(O)c1C(c1ccc(CF)cc1)c1c(O)c2ccccc2oc1=O. The molecule has 0 aliphatic rings. The standard InChI is InChI=1S/C26H17FO6/c27-13-14-9-11-15(12-10-14)20(21-23(28)16-5-1-3-7-18(16)32-25(21)30)22-24(29)17-6-2-4-8-19(17)33-26(22)31/h1-12,20,28-29H,13H2. The summed E-state index contributed by atoms with van der Waals surface area (Å²) in [5.74, 6) is -2.00. The van der Waals surface area contributed by atoms with Crippen LogP contribution >= 0.6 is 0 Å². The summed E-state index contributed by atoms with van der Waals surface area (Å²) in [6, 6.07) is 18.9. The molecular weight excluding hydrogens is 427 g/mol. The van der Waals surface area contributed by atoms with Crippen LogP contribution in [0.2, 0.25) is 0 Å². The first kappa shape index (κ1) is 20.5. The van der Waals surface area contributed by atoms with Crippen LogP contribution in [0.3, 0.4) is 0 Å². The van der Waals surface area contributed by atoms with Gasteiger partial charge in [-0.05, 0) is 35.4 Å². The van der Waals surface area contributed by atoms with E-state index in [1.165, 1.54) is 36.4 Å². The largest absolute Gasteiger partial charge is 0.507 e. The van der Waals surface area contributed by atoms with E-state index in [0.717, 1.165) is 0 Å².